The lowest BCUT2D eigenvalue weighted by Gasteiger charge is -2.48. The Bertz CT molecular complexity index is 146. The Balaban J connectivity index is 0. The number of quaternary nitrogens is 2. The van der Waals surface area contributed by atoms with E-state index in [0.717, 1.165) is 0 Å². The number of halogens is 2. The van der Waals surface area contributed by atoms with Crippen molar-refractivity contribution in [1.82, 2.24) is 0 Å². The molecule has 0 atom stereocenters. The van der Waals surface area contributed by atoms with Gasteiger partial charge in [0, 0.05) is 0 Å². The van der Waals surface area contributed by atoms with E-state index in [0.29, 0.717) is 0 Å². The summed E-state index contributed by atoms with van der Waals surface area (Å²) < 4.78 is 2.72. The molecule has 0 N–H and O–H groups in total. The van der Waals surface area contributed by atoms with Crippen LogP contribution in [0, 0.1) is 0 Å². The molecule has 1 heterocycles. The van der Waals surface area contributed by atoms with Gasteiger partial charge < -0.3 is 8.97 Å². The Morgan fingerprint density at radius 1 is 0.562 bits per heavy atom. The minimum atomic E-state index is 0. The van der Waals surface area contributed by atoms with E-state index in [1.165, 1.54) is 61.3 Å². The van der Waals surface area contributed by atoms with Gasteiger partial charge in [0.2, 0.25) is 0 Å². The zero-order chi connectivity index (χ0) is 10.7. The second-order valence-corrected chi connectivity index (χ2v) is 4.84. The molecule has 0 bridgehead atoms. The molecule has 0 aromatic rings. The molecule has 1 aliphatic heterocycles. The summed E-state index contributed by atoms with van der Waals surface area (Å²) in [7, 11) is 0. The van der Waals surface area contributed by atoms with Gasteiger partial charge in [-0.05, 0) is 27.7 Å². The fraction of sp³-hybridized carbons (Fsp3) is 1.00. The topological polar surface area (TPSA) is 0 Å². The average Bonchev–Trinajstić information content (AvgIpc) is 2.29. The maximum absolute atomic E-state index is 2.35. The van der Waals surface area contributed by atoms with Crippen LogP contribution in [-0.2, 0) is 0 Å². The Morgan fingerprint density at radius 2 is 0.750 bits per heavy atom. The molecule has 16 heavy (non-hydrogen) atoms. The highest BCUT2D eigenvalue weighted by Crippen LogP contribution is 2.18. The number of likely N-dealkylation sites (N-methyl/N-ethyl adjacent to an activating group) is 2. The predicted molar refractivity (Wildman–Crippen MR) is 82.8 cm³/mol. The van der Waals surface area contributed by atoms with Crippen molar-refractivity contribution >= 4 is 34.0 Å². The molecule has 0 aliphatic carbocycles. The van der Waals surface area contributed by atoms with Crippen LogP contribution in [-0.4, -0.2) is 61.3 Å². The highest BCUT2D eigenvalue weighted by Gasteiger charge is 2.38. The zero-order valence-electron chi connectivity index (χ0n) is 11.4. The van der Waals surface area contributed by atoms with Gasteiger partial charge in [-0.2, -0.15) is 0 Å². The predicted octanol–water partition coefficient (Wildman–Crippen LogP) is 2.87. The third-order valence-electron chi connectivity index (χ3n) is 4.78. The van der Waals surface area contributed by atoms with E-state index in [1.54, 1.807) is 0 Å². The van der Waals surface area contributed by atoms with Crippen LogP contribution in [0.4, 0.5) is 0 Å². The van der Waals surface area contributed by atoms with Crippen molar-refractivity contribution in [3.8, 4) is 0 Å². The lowest BCUT2D eigenvalue weighted by molar-refractivity contribution is -1.03. The van der Waals surface area contributed by atoms with E-state index in [4.69, 9.17) is 0 Å². The molecule has 0 unspecified atom stereocenters. The van der Waals surface area contributed by atoms with Gasteiger partial charge in [0.1, 0.15) is 26.2 Å². The summed E-state index contributed by atoms with van der Waals surface area (Å²) in [5, 5.41) is 0. The molecule has 0 aromatic heterocycles. The van der Waals surface area contributed by atoms with Crippen LogP contribution in [0.15, 0.2) is 0 Å². The van der Waals surface area contributed by atoms with Crippen molar-refractivity contribution in [3.63, 3.8) is 0 Å². The van der Waals surface area contributed by atoms with Crippen molar-refractivity contribution in [2.45, 2.75) is 27.7 Å². The lowest BCUT2D eigenvalue weighted by Crippen LogP contribution is -2.66. The molecule has 2 nitrogen and oxygen atoms in total. The molecule has 0 saturated carbocycles. The summed E-state index contributed by atoms with van der Waals surface area (Å²) in [4.78, 5) is 0. The molecule has 0 radical (unpaired) electrons. The summed E-state index contributed by atoms with van der Waals surface area (Å²) in [5.74, 6) is 0. The second kappa shape index (κ2) is 8.06. The third kappa shape index (κ3) is 3.97. The fourth-order valence-corrected chi connectivity index (χ4v) is 2.78. The number of piperazine rings is 1. The van der Waals surface area contributed by atoms with E-state index >= 15 is 0 Å². The van der Waals surface area contributed by atoms with Crippen molar-refractivity contribution < 1.29 is 8.97 Å². The standard InChI is InChI=1S/C12H28N2.2BrH/c1-5-13(6-2)9-11-14(7-3,8-4)12-10-13;;/h5-12H2,1-4H3;2*1H/q+2;;. The monoisotopic (exact) mass is 360 g/mol. The summed E-state index contributed by atoms with van der Waals surface area (Å²) in [6.45, 7) is 20.3. The Kier molecular flexibility index (Phi) is 9.69. The first-order valence-corrected chi connectivity index (χ1v) is 6.36. The van der Waals surface area contributed by atoms with Crippen molar-refractivity contribution in [1.29, 1.82) is 0 Å². The Labute approximate surface area is 123 Å². The molecule has 1 aliphatic rings. The zero-order valence-corrected chi connectivity index (χ0v) is 14.8. The first kappa shape index (κ1) is 19.2. The summed E-state index contributed by atoms with van der Waals surface area (Å²) in [6.07, 6.45) is 0. The van der Waals surface area contributed by atoms with Gasteiger partial charge in [0.15, 0.2) is 0 Å². The molecule has 1 fully saturated rings. The molecule has 0 aromatic carbocycles. The molecular formula is C12H30Br2N2+2. The van der Waals surface area contributed by atoms with Crippen LogP contribution in [0.1, 0.15) is 27.7 Å². The van der Waals surface area contributed by atoms with Gasteiger partial charge in [0.05, 0.1) is 26.2 Å². The molecule has 100 valence electrons. The van der Waals surface area contributed by atoms with Crippen molar-refractivity contribution in [2.75, 3.05) is 52.4 Å². The van der Waals surface area contributed by atoms with Crippen molar-refractivity contribution in [2.24, 2.45) is 0 Å². The average molecular weight is 362 g/mol. The number of hydrogen-bond acceptors (Lipinski definition) is 0. The van der Waals surface area contributed by atoms with Gasteiger partial charge in [-0.1, -0.05) is 0 Å². The van der Waals surface area contributed by atoms with E-state index in [9.17, 15) is 0 Å². The first-order valence-electron chi connectivity index (χ1n) is 6.36. The second-order valence-electron chi connectivity index (χ2n) is 4.84. The SMILES string of the molecule is Br.Br.CC[N+]1(CC)CC[N+](CC)(CC)CC1. The highest BCUT2D eigenvalue weighted by molar-refractivity contribution is 8.93. The van der Waals surface area contributed by atoms with E-state index < -0.39 is 0 Å². The van der Waals surface area contributed by atoms with E-state index in [2.05, 4.69) is 27.7 Å². The minimum Gasteiger partial charge on any atom is -0.315 e. The van der Waals surface area contributed by atoms with Gasteiger partial charge in [-0.25, -0.2) is 0 Å². The third-order valence-corrected chi connectivity index (χ3v) is 4.78. The maximum Gasteiger partial charge on any atom is 0.129 e. The van der Waals surface area contributed by atoms with Gasteiger partial charge in [-0.3, -0.25) is 0 Å². The van der Waals surface area contributed by atoms with Gasteiger partial charge in [0.25, 0.3) is 0 Å². The Morgan fingerprint density at radius 3 is 0.875 bits per heavy atom. The molecule has 4 heteroatoms. The Hall–Kier alpha value is 0.880. The maximum atomic E-state index is 2.35. The van der Waals surface area contributed by atoms with E-state index in [1.807, 2.05) is 0 Å². The van der Waals surface area contributed by atoms with Crippen LogP contribution in [0.3, 0.4) is 0 Å². The van der Waals surface area contributed by atoms with Gasteiger partial charge >= 0.3 is 0 Å². The minimum absolute atomic E-state index is 0. The smallest absolute Gasteiger partial charge is 0.129 e. The summed E-state index contributed by atoms with van der Waals surface area (Å²) in [5.41, 5.74) is 0. The van der Waals surface area contributed by atoms with E-state index in [-0.39, 0.29) is 34.0 Å². The number of nitrogens with zero attached hydrogens (tertiary/aromatic N) is 2. The van der Waals surface area contributed by atoms with Crippen LogP contribution in [0.25, 0.3) is 0 Å². The quantitative estimate of drug-likeness (QED) is 0.675. The van der Waals surface area contributed by atoms with Crippen LogP contribution < -0.4 is 0 Å². The lowest BCUT2D eigenvalue weighted by atomic mass is 10.2. The molecule has 0 spiro atoms. The molecular weight excluding hydrogens is 332 g/mol. The first-order chi connectivity index (χ1) is 6.66. The van der Waals surface area contributed by atoms with Crippen molar-refractivity contribution in [3.05, 3.63) is 0 Å². The largest absolute Gasteiger partial charge is 0.315 e. The number of hydrogen-bond donors (Lipinski definition) is 0. The van der Waals surface area contributed by atoms with Gasteiger partial charge in [-0.15, -0.1) is 34.0 Å². The van der Waals surface area contributed by atoms with Crippen LogP contribution >= 0.6 is 34.0 Å². The van der Waals surface area contributed by atoms with Crippen LogP contribution in [0.5, 0.6) is 0 Å². The summed E-state index contributed by atoms with van der Waals surface area (Å²) in [6, 6.07) is 0. The molecule has 0 amide bonds. The number of rotatable bonds is 4. The highest BCUT2D eigenvalue weighted by atomic mass is 79.9. The molecule has 1 rings (SSSR count). The normalized spacial score (nSPS) is 21.8. The fourth-order valence-electron chi connectivity index (χ4n) is 2.78. The molecule has 1 saturated heterocycles. The summed E-state index contributed by atoms with van der Waals surface area (Å²) >= 11 is 0. The van der Waals surface area contributed by atoms with Crippen LogP contribution in [0.2, 0.25) is 0 Å².